The van der Waals surface area contributed by atoms with Gasteiger partial charge in [-0.25, -0.2) is 14.4 Å². The summed E-state index contributed by atoms with van der Waals surface area (Å²) >= 11 is 0. The van der Waals surface area contributed by atoms with Gasteiger partial charge >= 0.3 is 17.6 Å². The Morgan fingerprint density at radius 2 is 1.64 bits per heavy atom. The minimum Gasteiger partial charge on any atom is -0.506 e. The van der Waals surface area contributed by atoms with E-state index in [9.17, 15) is 19.5 Å². The van der Waals surface area contributed by atoms with Crippen LogP contribution in [0.25, 0.3) is 22.1 Å². The normalized spacial score (nSPS) is 10.6. The molecular weight excluding hydrogens is 364 g/mol. The highest BCUT2D eigenvalue weighted by Gasteiger charge is 2.26. The SMILES string of the molecule is CCOC(=O)c1ccc(-c2cc3ccccc3oc2=O)c(C(=O)OCC)c1O. The molecule has 2 aromatic carbocycles. The summed E-state index contributed by atoms with van der Waals surface area (Å²) in [6, 6.07) is 11.1. The topological polar surface area (TPSA) is 103 Å². The van der Waals surface area contributed by atoms with Crippen molar-refractivity contribution in [3.63, 3.8) is 0 Å². The van der Waals surface area contributed by atoms with Gasteiger partial charge < -0.3 is 19.0 Å². The van der Waals surface area contributed by atoms with Crippen LogP contribution in [0.2, 0.25) is 0 Å². The van der Waals surface area contributed by atoms with Crippen molar-refractivity contribution in [1.82, 2.24) is 0 Å². The third-order valence-electron chi connectivity index (χ3n) is 4.08. The number of benzene rings is 2. The van der Waals surface area contributed by atoms with Crippen molar-refractivity contribution in [2.45, 2.75) is 13.8 Å². The van der Waals surface area contributed by atoms with Gasteiger partial charge in [0.2, 0.25) is 0 Å². The van der Waals surface area contributed by atoms with Gasteiger partial charge in [0, 0.05) is 10.9 Å². The Kier molecular flexibility index (Phi) is 5.44. The third kappa shape index (κ3) is 3.46. The molecule has 0 aliphatic carbocycles. The summed E-state index contributed by atoms with van der Waals surface area (Å²) in [5.74, 6) is -2.27. The van der Waals surface area contributed by atoms with E-state index in [1.807, 2.05) is 0 Å². The number of ether oxygens (including phenoxy) is 2. The molecule has 0 unspecified atom stereocenters. The molecule has 7 heteroatoms. The van der Waals surface area contributed by atoms with E-state index in [4.69, 9.17) is 13.9 Å². The zero-order valence-corrected chi connectivity index (χ0v) is 15.4. The van der Waals surface area contributed by atoms with Gasteiger partial charge in [-0.3, -0.25) is 0 Å². The number of fused-ring (bicyclic) bond motifs is 1. The number of rotatable bonds is 5. The van der Waals surface area contributed by atoms with Crippen LogP contribution < -0.4 is 5.63 Å². The lowest BCUT2D eigenvalue weighted by Gasteiger charge is -2.13. The molecule has 1 aromatic heterocycles. The van der Waals surface area contributed by atoms with Gasteiger partial charge in [-0.1, -0.05) is 24.3 Å². The number of phenols is 1. The number of para-hydroxylation sites is 1. The van der Waals surface area contributed by atoms with Crippen LogP contribution in [0.3, 0.4) is 0 Å². The van der Waals surface area contributed by atoms with Crippen LogP contribution in [0.15, 0.2) is 51.7 Å². The molecule has 0 amide bonds. The summed E-state index contributed by atoms with van der Waals surface area (Å²) in [6.45, 7) is 3.38. The molecule has 0 spiro atoms. The number of hydrogen-bond donors (Lipinski definition) is 1. The van der Waals surface area contributed by atoms with Gasteiger partial charge in [0.05, 0.1) is 18.8 Å². The van der Waals surface area contributed by atoms with Crippen LogP contribution in [-0.4, -0.2) is 30.3 Å². The van der Waals surface area contributed by atoms with Crippen molar-refractivity contribution in [3.05, 3.63) is 64.0 Å². The van der Waals surface area contributed by atoms with Crippen molar-refractivity contribution in [1.29, 1.82) is 0 Å². The maximum atomic E-state index is 12.5. The summed E-state index contributed by atoms with van der Waals surface area (Å²) in [6.07, 6.45) is 0. The highest BCUT2D eigenvalue weighted by molar-refractivity contribution is 6.05. The van der Waals surface area contributed by atoms with Crippen molar-refractivity contribution >= 4 is 22.9 Å². The lowest BCUT2D eigenvalue weighted by molar-refractivity contribution is 0.0519. The molecule has 1 heterocycles. The van der Waals surface area contributed by atoms with Crippen LogP contribution >= 0.6 is 0 Å². The lowest BCUT2D eigenvalue weighted by Crippen LogP contribution is -2.13. The van der Waals surface area contributed by atoms with Crippen LogP contribution in [0.1, 0.15) is 34.6 Å². The third-order valence-corrected chi connectivity index (χ3v) is 4.08. The molecule has 0 saturated heterocycles. The molecule has 0 atom stereocenters. The first-order valence-electron chi connectivity index (χ1n) is 8.71. The number of carbonyl (C=O) groups is 2. The molecule has 0 saturated carbocycles. The van der Waals surface area contributed by atoms with Crippen molar-refractivity contribution in [2.75, 3.05) is 13.2 Å². The van der Waals surface area contributed by atoms with Gasteiger partial charge in [0.1, 0.15) is 22.5 Å². The minimum atomic E-state index is -0.867. The molecule has 144 valence electrons. The summed E-state index contributed by atoms with van der Waals surface area (Å²) < 4.78 is 15.2. The van der Waals surface area contributed by atoms with E-state index in [2.05, 4.69) is 0 Å². The Morgan fingerprint density at radius 1 is 0.964 bits per heavy atom. The van der Waals surface area contributed by atoms with Gasteiger partial charge in [0.15, 0.2) is 0 Å². The fourth-order valence-electron chi connectivity index (χ4n) is 2.85. The largest absolute Gasteiger partial charge is 0.506 e. The molecule has 3 rings (SSSR count). The van der Waals surface area contributed by atoms with Crippen LogP contribution in [0.5, 0.6) is 5.75 Å². The van der Waals surface area contributed by atoms with E-state index in [-0.39, 0.29) is 35.5 Å². The van der Waals surface area contributed by atoms with E-state index < -0.39 is 23.3 Å². The minimum absolute atomic E-state index is 0.0493. The van der Waals surface area contributed by atoms with Crippen molar-refractivity contribution < 1.29 is 28.6 Å². The molecule has 3 aromatic rings. The number of aromatic hydroxyl groups is 1. The van der Waals surface area contributed by atoms with Crippen LogP contribution in [-0.2, 0) is 9.47 Å². The van der Waals surface area contributed by atoms with Gasteiger partial charge in [-0.2, -0.15) is 0 Å². The Bertz CT molecular complexity index is 1110. The maximum Gasteiger partial charge on any atom is 0.344 e. The zero-order chi connectivity index (χ0) is 20.3. The molecular formula is C21H18O7. The second-order valence-corrected chi connectivity index (χ2v) is 5.81. The molecule has 0 bridgehead atoms. The van der Waals surface area contributed by atoms with Crippen LogP contribution in [0, 0.1) is 0 Å². The number of phenolic OH excluding ortho intramolecular Hbond substituents is 1. The monoisotopic (exact) mass is 382 g/mol. The summed E-state index contributed by atoms with van der Waals surface area (Å²) in [7, 11) is 0. The van der Waals surface area contributed by atoms with Gasteiger partial charge in [-0.15, -0.1) is 0 Å². The number of esters is 2. The first-order chi connectivity index (χ1) is 13.5. The molecule has 0 aliphatic rings. The Labute approximate surface area is 160 Å². The predicted molar refractivity (Wildman–Crippen MR) is 101 cm³/mol. The lowest BCUT2D eigenvalue weighted by atomic mass is 9.96. The predicted octanol–water partition coefficient (Wildman–Crippen LogP) is 3.52. The molecule has 7 nitrogen and oxygen atoms in total. The smallest absolute Gasteiger partial charge is 0.344 e. The van der Waals surface area contributed by atoms with E-state index in [1.165, 1.54) is 12.1 Å². The van der Waals surface area contributed by atoms with E-state index in [1.54, 1.807) is 44.2 Å². The first-order valence-corrected chi connectivity index (χ1v) is 8.71. The quantitative estimate of drug-likeness (QED) is 0.532. The molecule has 28 heavy (non-hydrogen) atoms. The van der Waals surface area contributed by atoms with Gasteiger partial charge in [-0.05, 0) is 32.0 Å². The number of carbonyl (C=O) groups excluding carboxylic acids is 2. The second kappa shape index (κ2) is 7.96. The number of hydrogen-bond acceptors (Lipinski definition) is 7. The Balaban J connectivity index is 2.27. The molecule has 0 radical (unpaired) electrons. The highest BCUT2D eigenvalue weighted by atomic mass is 16.5. The van der Waals surface area contributed by atoms with E-state index >= 15 is 0 Å². The summed E-state index contributed by atoms with van der Waals surface area (Å²) in [4.78, 5) is 37.1. The summed E-state index contributed by atoms with van der Waals surface area (Å²) in [5.41, 5.74) is -0.626. The Morgan fingerprint density at radius 3 is 2.36 bits per heavy atom. The Hall–Kier alpha value is -3.61. The summed E-state index contributed by atoms with van der Waals surface area (Å²) in [5, 5.41) is 11.2. The van der Waals surface area contributed by atoms with Crippen molar-refractivity contribution in [2.24, 2.45) is 0 Å². The molecule has 0 fully saturated rings. The van der Waals surface area contributed by atoms with E-state index in [0.29, 0.717) is 11.0 Å². The zero-order valence-electron chi connectivity index (χ0n) is 15.4. The van der Waals surface area contributed by atoms with Gasteiger partial charge in [0.25, 0.3) is 0 Å². The fraction of sp³-hybridized carbons (Fsp3) is 0.190. The average Bonchev–Trinajstić information content (AvgIpc) is 2.67. The first kappa shape index (κ1) is 19.2. The standard InChI is InChI=1S/C21H18O7/c1-3-26-19(23)14-10-9-13(17(18(14)22)21(25)27-4-2)15-11-12-7-5-6-8-16(12)28-20(15)24/h5-11,22H,3-4H2,1-2H3. The average molecular weight is 382 g/mol. The van der Waals surface area contributed by atoms with E-state index in [0.717, 1.165) is 0 Å². The fourth-order valence-corrected chi connectivity index (χ4v) is 2.85. The van der Waals surface area contributed by atoms with Crippen molar-refractivity contribution in [3.8, 4) is 16.9 Å². The molecule has 1 N–H and O–H groups in total. The van der Waals surface area contributed by atoms with Crippen LogP contribution in [0.4, 0.5) is 0 Å². The molecule has 0 aliphatic heterocycles. The maximum absolute atomic E-state index is 12.5. The second-order valence-electron chi connectivity index (χ2n) is 5.81. The highest BCUT2D eigenvalue weighted by Crippen LogP contribution is 2.34.